The molecule has 3 aromatic rings. The standard InChI is InChI=1S/C23H19NO/c1-16-10-12-18(13-11-16)23-19-7-3-5-9-21(19)24-20-8-4-2-6-17(20)14-15-22(24)25-23/h2-15,22-23H,1H3/t22-,23-/m0/s1. The van der Waals surface area contributed by atoms with Crippen LogP contribution in [0.25, 0.3) is 6.08 Å². The van der Waals surface area contributed by atoms with Gasteiger partial charge in [-0.15, -0.1) is 0 Å². The highest BCUT2D eigenvalue weighted by Crippen LogP contribution is 2.46. The Morgan fingerprint density at radius 2 is 1.52 bits per heavy atom. The molecule has 0 fully saturated rings. The first-order valence-electron chi connectivity index (χ1n) is 8.69. The summed E-state index contributed by atoms with van der Waals surface area (Å²) in [6, 6.07) is 25.7. The summed E-state index contributed by atoms with van der Waals surface area (Å²) in [5, 5.41) is 0. The lowest BCUT2D eigenvalue weighted by Gasteiger charge is -2.43. The van der Waals surface area contributed by atoms with Crippen LogP contribution in [-0.4, -0.2) is 6.23 Å². The summed E-state index contributed by atoms with van der Waals surface area (Å²) in [7, 11) is 0. The maximum absolute atomic E-state index is 6.54. The molecule has 0 unspecified atom stereocenters. The molecule has 0 bridgehead atoms. The molecule has 0 radical (unpaired) electrons. The number of anilines is 2. The van der Waals surface area contributed by atoms with Crippen LogP contribution in [0.5, 0.6) is 0 Å². The average Bonchev–Trinajstić information content (AvgIpc) is 2.67. The van der Waals surface area contributed by atoms with Crippen molar-refractivity contribution in [3.05, 3.63) is 101 Å². The number of fused-ring (bicyclic) bond motifs is 5. The molecule has 25 heavy (non-hydrogen) atoms. The number of nitrogens with zero attached hydrogens (tertiary/aromatic N) is 1. The van der Waals surface area contributed by atoms with Crippen molar-refractivity contribution in [2.24, 2.45) is 0 Å². The molecule has 0 aromatic heterocycles. The van der Waals surface area contributed by atoms with Crippen LogP contribution in [0.3, 0.4) is 0 Å². The van der Waals surface area contributed by atoms with E-state index in [1.807, 2.05) is 0 Å². The Hall–Kier alpha value is -2.84. The van der Waals surface area contributed by atoms with Crippen molar-refractivity contribution in [2.75, 3.05) is 4.90 Å². The van der Waals surface area contributed by atoms with Crippen molar-refractivity contribution in [3.63, 3.8) is 0 Å². The molecule has 0 saturated heterocycles. The number of benzene rings is 3. The normalized spacial score (nSPS) is 20.6. The summed E-state index contributed by atoms with van der Waals surface area (Å²) in [5.41, 5.74) is 7.33. The van der Waals surface area contributed by atoms with Crippen molar-refractivity contribution in [1.29, 1.82) is 0 Å². The average molecular weight is 325 g/mol. The number of rotatable bonds is 1. The molecule has 5 rings (SSSR count). The fraction of sp³-hybridized carbons (Fsp3) is 0.130. The van der Waals surface area contributed by atoms with E-state index in [1.165, 1.54) is 33.6 Å². The molecule has 122 valence electrons. The zero-order valence-electron chi connectivity index (χ0n) is 14.1. The van der Waals surface area contributed by atoms with E-state index < -0.39 is 0 Å². The Balaban J connectivity index is 1.67. The number of ether oxygens (including phenoxy) is 1. The van der Waals surface area contributed by atoms with Gasteiger partial charge in [-0.3, -0.25) is 0 Å². The molecule has 0 amide bonds. The lowest BCUT2D eigenvalue weighted by molar-refractivity contribution is 0.0302. The van der Waals surface area contributed by atoms with Crippen molar-refractivity contribution in [2.45, 2.75) is 19.3 Å². The molecule has 2 nitrogen and oxygen atoms in total. The Kier molecular flexibility index (Phi) is 3.25. The largest absolute Gasteiger partial charge is 0.342 e. The first-order chi connectivity index (χ1) is 12.3. The third-order valence-corrected chi connectivity index (χ3v) is 5.03. The SMILES string of the molecule is Cc1ccc([C@@H]2O[C@H]3C=Cc4ccccc4N3c3ccccc32)cc1. The van der Waals surface area contributed by atoms with Crippen LogP contribution in [0.4, 0.5) is 11.4 Å². The number of para-hydroxylation sites is 2. The molecule has 2 atom stereocenters. The van der Waals surface area contributed by atoms with Gasteiger partial charge in [-0.25, -0.2) is 0 Å². The van der Waals surface area contributed by atoms with Gasteiger partial charge < -0.3 is 9.64 Å². The van der Waals surface area contributed by atoms with Gasteiger partial charge in [0.15, 0.2) is 6.23 Å². The minimum Gasteiger partial charge on any atom is -0.342 e. The minimum absolute atomic E-state index is 0.0482. The van der Waals surface area contributed by atoms with E-state index in [4.69, 9.17) is 4.74 Å². The molecule has 0 aliphatic carbocycles. The van der Waals surface area contributed by atoms with Crippen molar-refractivity contribution < 1.29 is 4.74 Å². The summed E-state index contributed by atoms with van der Waals surface area (Å²) in [5.74, 6) is 0. The van der Waals surface area contributed by atoms with E-state index in [-0.39, 0.29) is 12.3 Å². The number of hydrogen-bond donors (Lipinski definition) is 0. The van der Waals surface area contributed by atoms with Gasteiger partial charge in [-0.1, -0.05) is 72.3 Å². The summed E-state index contributed by atoms with van der Waals surface area (Å²) in [4.78, 5) is 2.30. The van der Waals surface area contributed by atoms with Crippen molar-refractivity contribution in [3.8, 4) is 0 Å². The molecule has 2 heterocycles. The Labute approximate surface area is 148 Å². The monoisotopic (exact) mass is 325 g/mol. The summed E-state index contributed by atoms with van der Waals surface area (Å²) in [6.45, 7) is 2.11. The van der Waals surface area contributed by atoms with Gasteiger partial charge in [0.1, 0.15) is 6.10 Å². The second kappa shape index (κ2) is 5.61. The quantitative estimate of drug-likeness (QED) is 0.577. The molecule has 0 saturated carbocycles. The van der Waals surface area contributed by atoms with E-state index in [0.717, 1.165) is 0 Å². The fourth-order valence-corrected chi connectivity index (χ4v) is 3.77. The van der Waals surface area contributed by atoms with E-state index in [2.05, 4.69) is 96.8 Å². The topological polar surface area (TPSA) is 12.5 Å². The third-order valence-electron chi connectivity index (χ3n) is 5.03. The van der Waals surface area contributed by atoms with Crippen molar-refractivity contribution in [1.82, 2.24) is 0 Å². The highest BCUT2D eigenvalue weighted by molar-refractivity contribution is 5.80. The molecular formula is C23H19NO. The second-order valence-electron chi connectivity index (χ2n) is 6.66. The number of hydrogen-bond acceptors (Lipinski definition) is 2. The van der Waals surface area contributed by atoms with Gasteiger partial charge in [0.25, 0.3) is 0 Å². The van der Waals surface area contributed by atoms with Gasteiger partial charge in [0, 0.05) is 5.56 Å². The zero-order chi connectivity index (χ0) is 16.8. The lowest BCUT2D eigenvalue weighted by atomic mass is 9.94. The predicted molar refractivity (Wildman–Crippen MR) is 102 cm³/mol. The molecule has 2 aliphatic heterocycles. The van der Waals surface area contributed by atoms with E-state index in [0.29, 0.717) is 0 Å². The van der Waals surface area contributed by atoms with Gasteiger partial charge in [-0.2, -0.15) is 0 Å². The highest BCUT2D eigenvalue weighted by atomic mass is 16.5. The van der Waals surface area contributed by atoms with Crippen LogP contribution in [0, 0.1) is 6.92 Å². The first kappa shape index (κ1) is 14.5. The van der Waals surface area contributed by atoms with Crippen LogP contribution in [0.1, 0.15) is 28.4 Å². The van der Waals surface area contributed by atoms with E-state index in [1.54, 1.807) is 0 Å². The highest BCUT2D eigenvalue weighted by Gasteiger charge is 2.35. The minimum atomic E-state index is -0.0869. The second-order valence-corrected chi connectivity index (χ2v) is 6.66. The summed E-state index contributed by atoms with van der Waals surface area (Å²) < 4.78 is 6.54. The molecular weight excluding hydrogens is 306 g/mol. The smallest absolute Gasteiger partial charge is 0.155 e. The first-order valence-corrected chi connectivity index (χ1v) is 8.69. The van der Waals surface area contributed by atoms with Crippen LogP contribution in [0.2, 0.25) is 0 Å². The Bertz CT molecular complexity index is 958. The van der Waals surface area contributed by atoms with Crippen LogP contribution in [0.15, 0.2) is 78.9 Å². The molecule has 0 spiro atoms. The van der Waals surface area contributed by atoms with Crippen molar-refractivity contribution >= 4 is 17.5 Å². The van der Waals surface area contributed by atoms with Gasteiger partial charge in [0.05, 0.1) is 11.4 Å². The third kappa shape index (κ3) is 2.30. The summed E-state index contributed by atoms with van der Waals surface area (Å²) in [6.07, 6.45) is 4.18. The van der Waals surface area contributed by atoms with Crippen LogP contribution in [-0.2, 0) is 4.74 Å². The molecule has 2 heteroatoms. The Morgan fingerprint density at radius 1 is 0.800 bits per heavy atom. The summed E-state index contributed by atoms with van der Waals surface area (Å²) >= 11 is 0. The van der Waals surface area contributed by atoms with E-state index >= 15 is 0 Å². The molecule has 3 aromatic carbocycles. The van der Waals surface area contributed by atoms with Gasteiger partial charge >= 0.3 is 0 Å². The van der Waals surface area contributed by atoms with Gasteiger partial charge in [-0.05, 0) is 36.3 Å². The van der Waals surface area contributed by atoms with Gasteiger partial charge in [0.2, 0.25) is 0 Å². The number of aryl methyl sites for hydroxylation is 1. The van der Waals surface area contributed by atoms with E-state index in [9.17, 15) is 0 Å². The Morgan fingerprint density at radius 3 is 2.36 bits per heavy atom. The maximum atomic E-state index is 6.54. The maximum Gasteiger partial charge on any atom is 0.155 e. The van der Waals surface area contributed by atoms with Crippen LogP contribution >= 0.6 is 0 Å². The fourth-order valence-electron chi connectivity index (χ4n) is 3.77. The zero-order valence-corrected chi connectivity index (χ0v) is 14.1. The van der Waals surface area contributed by atoms with Crippen LogP contribution < -0.4 is 4.90 Å². The molecule has 0 N–H and O–H groups in total. The lowest BCUT2D eigenvalue weighted by Crippen LogP contribution is -2.40. The molecule has 2 aliphatic rings. The predicted octanol–water partition coefficient (Wildman–Crippen LogP) is 5.61.